The van der Waals surface area contributed by atoms with E-state index in [1.807, 2.05) is 52.0 Å². The molecule has 35 heavy (non-hydrogen) atoms. The van der Waals surface area contributed by atoms with Gasteiger partial charge in [-0.05, 0) is 94.5 Å². The third-order valence-electron chi connectivity index (χ3n) is 6.65. The summed E-state index contributed by atoms with van der Waals surface area (Å²) >= 11 is 3.47. The minimum absolute atomic E-state index is 0.115. The molecule has 3 rings (SSSR count). The lowest BCUT2D eigenvalue weighted by molar-refractivity contribution is -0.160. The van der Waals surface area contributed by atoms with Gasteiger partial charge in [-0.15, -0.1) is 0 Å². The highest BCUT2D eigenvalue weighted by Crippen LogP contribution is 2.39. The van der Waals surface area contributed by atoms with E-state index in [1.54, 1.807) is 6.92 Å². The Bertz CT molecular complexity index is 1090. The number of amides is 1. The number of nitrogens with one attached hydrogen (secondary N) is 1. The number of carbonyl (C=O) groups excluding carboxylic acids is 1. The molecule has 1 aliphatic rings. The van der Waals surface area contributed by atoms with Crippen LogP contribution in [0.25, 0.3) is 11.1 Å². The summed E-state index contributed by atoms with van der Waals surface area (Å²) in [5.74, 6) is -1.31. The largest absolute Gasteiger partial charge is 0.479 e. The first-order chi connectivity index (χ1) is 16.2. The highest BCUT2D eigenvalue weighted by molar-refractivity contribution is 9.10. The molecule has 1 heterocycles. The summed E-state index contributed by atoms with van der Waals surface area (Å²) in [5, 5.41) is 13.3. The number of halogens is 1. The van der Waals surface area contributed by atoms with E-state index in [2.05, 4.69) is 40.1 Å². The molecule has 2 aromatic rings. The van der Waals surface area contributed by atoms with Crippen LogP contribution in [-0.2, 0) is 9.53 Å². The van der Waals surface area contributed by atoms with E-state index in [4.69, 9.17) is 4.74 Å². The molecule has 0 bridgehead atoms. The van der Waals surface area contributed by atoms with Gasteiger partial charge in [0.25, 0.3) is 5.91 Å². The Morgan fingerprint density at radius 3 is 2.23 bits per heavy atom. The number of nitrogens with zero attached hydrogens (tertiary/aromatic N) is 1. The van der Waals surface area contributed by atoms with E-state index in [0.717, 1.165) is 35.7 Å². The van der Waals surface area contributed by atoms with Crippen LogP contribution in [0.3, 0.4) is 0 Å². The number of aliphatic carboxylic acids is 1. The van der Waals surface area contributed by atoms with E-state index >= 15 is 0 Å². The fourth-order valence-electron chi connectivity index (χ4n) is 4.73. The Morgan fingerprint density at radius 1 is 1.14 bits per heavy atom. The fraction of sp³-hybridized carbons (Fsp3) is 0.536. The lowest BCUT2D eigenvalue weighted by Crippen LogP contribution is -2.40. The first kappa shape index (κ1) is 27.3. The van der Waals surface area contributed by atoms with Gasteiger partial charge in [0.15, 0.2) is 6.10 Å². The van der Waals surface area contributed by atoms with Crippen molar-refractivity contribution in [1.29, 1.82) is 0 Å². The van der Waals surface area contributed by atoms with Crippen LogP contribution >= 0.6 is 15.9 Å². The minimum Gasteiger partial charge on any atom is -0.479 e. The lowest BCUT2D eigenvalue weighted by atomic mass is 9.75. The maximum atomic E-state index is 13.4. The molecule has 1 saturated carbocycles. The van der Waals surface area contributed by atoms with Crippen LogP contribution in [0.15, 0.2) is 28.7 Å². The molecule has 0 unspecified atom stereocenters. The molecule has 0 spiro atoms. The second-order valence-electron chi connectivity index (χ2n) is 11.3. The summed E-state index contributed by atoms with van der Waals surface area (Å²) in [6.45, 7) is 13.6. The SMILES string of the molecule is Cc1nc(C(=O)NC2CCC(C)(C)CC2)c(C)c(-c2ccc(Br)cc2)c1[C@H](OC(C)(C)C)C(=O)O. The van der Waals surface area contributed by atoms with Gasteiger partial charge >= 0.3 is 5.97 Å². The van der Waals surface area contributed by atoms with Crippen LogP contribution in [0.5, 0.6) is 0 Å². The molecule has 1 aromatic carbocycles. The quantitative estimate of drug-likeness (QED) is 0.419. The third-order valence-corrected chi connectivity index (χ3v) is 7.18. The number of aryl methyl sites for hydroxylation is 1. The van der Waals surface area contributed by atoms with Gasteiger partial charge in [0.05, 0.1) is 5.60 Å². The van der Waals surface area contributed by atoms with Crippen molar-refractivity contribution >= 4 is 27.8 Å². The predicted octanol–water partition coefficient (Wildman–Crippen LogP) is 6.77. The van der Waals surface area contributed by atoms with Gasteiger partial charge in [0, 0.05) is 21.8 Å². The van der Waals surface area contributed by atoms with Crippen LogP contribution < -0.4 is 5.32 Å². The molecule has 6 nitrogen and oxygen atoms in total. The molecule has 0 aliphatic heterocycles. The number of hydrogen-bond donors (Lipinski definition) is 2. The number of hydrogen-bond acceptors (Lipinski definition) is 4. The van der Waals surface area contributed by atoms with Crippen LogP contribution in [0, 0.1) is 19.3 Å². The van der Waals surface area contributed by atoms with Gasteiger partial charge in [-0.25, -0.2) is 9.78 Å². The monoisotopic (exact) mass is 544 g/mol. The van der Waals surface area contributed by atoms with Crippen molar-refractivity contribution < 1.29 is 19.4 Å². The summed E-state index contributed by atoms with van der Waals surface area (Å²) in [5.41, 5.74) is 3.02. The van der Waals surface area contributed by atoms with Crippen molar-refractivity contribution in [3.8, 4) is 11.1 Å². The minimum atomic E-state index is -1.22. The Labute approximate surface area is 217 Å². The summed E-state index contributed by atoms with van der Waals surface area (Å²) in [7, 11) is 0. The summed E-state index contributed by atoms with van der Waals surface area (Å²) in [4.78, 5) is 30.4. The molecule has 190 valence electrons. The van der Waals surface area contributed by atoms with Gasteiger partial charge < -0.3 is 15.2 Å². The van der Waals surface area contributed by atoms with Gasteiger partial charge in [-0.1, -0.05) is 41.9 Å². The van der Waals surface area contributed by atoms with Gasteiger partial charge in [0.1, 0.15) is 5.69 Å². The second kappa shape index (κ2) is 10.4. The average Bonchev–Trinajstić information content (AvgIpc) is 2.75. The van der Waals surface area contributed by atoms with Crippen LogP contribution in [0.2, 0.25) is 0 Å². The summed E-state index contributed by atoms with van der Waals surface area (Å²) in [6.07, 6.45) is 2.79. The van der Waals surface area contributed by atoms with Gasteiger partial charge in [-0.2, -0.15) is 0 Å². The average molecular weight is 546 g/mol. The predicted molar refractivity (Wildman–Crippen MR) is 142 cm³/mol. The molecule has 1 atom stereocenters. The molecule has 0 radical (unpaired) electrons. The Kier molecular flexibility index (Phi) is 8.12. The lowest BCUT2D eigenvalue weighted by Gasteiger charge is -2.34. The second-order valence-corrected chi connectivity index (χ2v) is 12.2. The highest BCUT2D eigenvalue weighted by atomic mass is 79.9. The first-order valence-electron chi connectivity index (χ1n) is 12.2. The number of carbonyl (C=O) groups is 2. The van der Waals surface area contributed by atoms with E-state index < -0.39 is 17.7 Å². The van der Waals surface area contributed by atoms with Gasteiger partial charge in [0.2, 0.25) is 0 Å². The molecule has 2 N–H and O–H groups in total. The Hall–Kier alpha value is -2.25. The molecule has 1 aromatic heterocycles. The molecule has 1 aliphatic carbocycles. The summed E-state index contributed by atoms with van der Waals surface area (Å²) < 4.78 is 6.91. The zero-order chi connectivity index (χ0) is 26.1. The van der Waals surface area contributed by atoms with Gasteiger partial charge in [-0.3, -0.25) is 4.79 Å². The number of rotatable bonds is 6. The fourth-order valence-corrected chi connectivity index (χ4v) is 4.99. The van der Waals surface area contributed by atoms with Crippen molar-refractivity contribution in [1.82, 2.24) is 10.3 Å². The third kappa shape index (κ3) is 6.70. The Balaban J connectivity index is 2.10. The molecule has 7 heteroatoms. The molecular weight excluding hydrogens is 508 g/mol. The molecule has 0 saturated heterocycles. The highest BCUT2D eigenvalue weighted by Gasteiger charge is 2.34. The number of pyridine rings is 1. The van der Waals surface area contributed by atoms with Crippen LogP contribution in [0.4, 0.5) is 0 Å². The first-order valence-corrected chi connectivity index (χ1v) is 13.0. The van der Waals surface area contributed by atoms with E-state index in [1.165, 1.54) is 0 Å². The number of carboxylic acids is 1. The maximum Gasteiger partial charge on any atom is 0.337 e. The van der Waals surface area contributed by atoms with Crippen LogP contribution in [0.1, 0.15) is 93.7 Å². The smallest absolute Gasteiger partial charge is 0.337 e. The number of aromatic nitrogens is 1. The van der Waals surface area contributed by atoms with E-state index in [0.29, 0.717) is 33.5 Å². The van der Waals surface area contributed by atoms with Crippen molar-refractivity contribution in [3.63, 3.8) is 0 Å². The topological polar surface area (TPSA) is 88.5 Å². The van der Waals surface area contributed by atoms with Crippen molar-refractivity contribution in [2.45, 2.75) is 91.9 Å². The number of ether oxygens (including phenoxy) is 1. The standard InChI is InChI=1S/C28H37BrN2O4/c1-16-21(18-8-10-19(29)11-9-18)22(24(26(33)34)35-27(3,4)5)17(2)30-23(16)25(32)31-20-12-14-28(6,7)15-13-20/h8-11,20,24H,12-15H2,1-7H3,(H,31,32)(H,33,34)/t24-/m0/s1. The summed E-state index contributed by atoms with van der Waals surface area (Å²) in [6, 6.07) is 7.74. The number of benzene rings is 1. The van der Waals surface area contributed by atoms with Crippen LogP contribution in [-0.4, -0.2) is 33.6 Å². The van der Waals surface area contributed by atoms with Crippen molar-refractivity contribution in [2.24, 2.45) is 5.41 Å². The molecule has 1 amide bonds. The van der Waals surface area contributed by atoms with Crippen molar-refractivity contribution in [3.05, 3.63) is 51.3 Å². The Morgan fingerprint density at radius 2 is 1.71 bits per heavy atom. The molecule has 1 fully saturated rings. The maximum absolute atomic E-state index is 13.4. The van der Waals surface area contributed by atoms with Crippen molar-refractivity contribution in [2.75, 3.05) is 0 Å². The van der Waals surface area contributed by atoms with E-state index in [9.17, 15) is 14.7 Å². The number of carboxylic acid groups (broad SMARTS) is 1. The molecular formula is C28H37BrN2O4. The zero-order valence-electron chi connectivity index (χ0n) is 21.8. The zero-order valence-corrected chi connectivity index (χ0v) is 23.4. The van der Waals surface area contributed by atoms with E-state index in [-0.39, 0.29) is 11.9 Å². The normalized spacial score (nSPS) is 17.1.